The first kappa shape index (κ1) is 13.5. The van der Waals surface area contributed by atoms with Gasteiger partial charge in [-0.1, -0.05) is 18.2 Å². The summed E-state index contributed by atoms with van der Waals surface area (Å²) in [5, 5.41) is 9.64. The van der Waals surface area contributed by atoms with E-state index in [1.807, 2.05) is 24.3 Å². The predicted molar refractivity (Wildman–Crippen MR) is 83.4 cm³/mol. The minimum atomic E-state index is 0.317. The van der Waals surface area contributed by atoms with E-state index in [1.165, 1.54) is 16.7 Å². The molecule has 0 saturated heterocycles. The molecule has 0 amide bonds. The minimum absolute atomic E-state index is 0.317. The molecular formula is C18H19NO3. The second kappa shape index (κ2) is 5.54. The third-order valence-corrected chi connectivity index (χ3v) is 4.46. The molecular weight excluding hydrogens is 278 g/mol. The summed E-state index contributed by atoms with van der Waals surface area (Å²) in [5.74, 6) is 2.10. The van der Waals surface area contributed by atoms with Crippen LogP contribution in [-0.4, -0.2) is 29.9 Å². The number of aromatic hydroxyl groups is 1. The lowest BCUT2D eigenvalue weighted by molar-refractivity contribution is 0.172. The number of para-hydroxylation sites is 1. The molecule has 2 aromatic rings. The highest BCUT2D eigenvalue weighted by Crippen LogP contribution is 2.36. The molecule has 0 aliphatic carbocycles. The molecule has 0 fully saturated rings. The van der Waals surface area contributed by atoms with Gasteiger partial charge in [0.1, 0.15) is 5.75 Å². The van der Waals surface area contributed by atoms with Crippen molar-refractivity contribution in [2.45, 2.75) is 19.4 Å². The minimum Gasteiger partial charge on any atom is -0.508 e. The fourth-order valence-electron chi connectivity index (χ4n) is 3.27. The normalized spacial score (nSPS) is 17.1. The predicted octanol–water partition coefficient (Wildman–Crippen LogP) is 2.72. The summed E-state index contributed by atoms with van der Waals surface area (Å²) in [6.45, 7) is 3.19. The highest BCUT2D eigenvalue weighted by Gasteiger charge is 2.20. The number of fused-ring (bicyclic) bond motifs is 2. The largest absolute Gasteiger partial charge is 0.508 e. The molecule has 0 bridgehead atoms. The molecule has 2 aliphatic rings. The van der Waals surface area contributed by atoms with E-state index in [4.69, 9.17) is 9.47 Å². The Labute approximate surface area is 129 Å². The van der Waals surface area contributed by atoms with Crippen molar-refractivity contribution >= 4 is 0 Å². The third-order valence-electron chi connectivity index (χ3n) is 4.46. The molecule has 0 aromatic heterocycles. The van der Waals surface area contributed by atoms with Crippen molar-refractivity contribution in [3.63, 3.8) is 0 Å². The molecule has 0 spiro atoms. The summed E-state index contributed by atoms with van der Waals surface area (Å²) in [4.78, 5) is 2.44. The van der Waals surface area contributed by atoms with Gasteiger partial charge in [-0.2, -0.15) is 0 Å². The summed E-state index contributed by atoms with van der Waals surface area (Å²) < 4.78 is 11.0. The summed E-state index contributed by atoms with van der Waals surface area (Å²) in [6, 6.07) is 11.8. The van der Waals surface area contributed by atoms with E-state index in [-0.39, 0.29) is 0 Å². The Kier molecular flexibility index (Phi) is 3.39. The zero-order chi connectivity index (χ0) is 14.9. The second-order valence-corrected chi connectivity index (χ2v) is 5.88. The highest BCUT2D eigenvalue weighted by atomic mass is 16.7. The van der Waals surface area contributed by atoms with Crippen LogP contribution in [0.15, 0.2) is 36.4 Å². The van der Waals surface area contributed by atoms with Gasteiger partial charge in [0.15, 0.2) is 11.5 Å². The summed E-state index contributed by atoms with van der Waals surface area (Å²) >= 11 is 0. The maximum atomic E-state index is 9.64. The monoisotopic (exact) mass is 297 g/mol. The number of hydrogen-bond donors (Lipinski definition) is 1. The van der Waals surface area contributed by atoms with Crippen molar-refractivity contribution in [2.24, 2.45) is 0 Å². The molecule has 0 unspecified atom stereocenters. The molecule has 4 heteroatoms. The SMILES string of the molecule is Oc1ccc2c(c1)CCN(Cc1cccc3c1OCO3)CC2. The number of phenols is 1. The molecule has 2 aromatic carbocycles. The van der Waals surface area contributed by atoms with E-state index in [1.54, 1.807) is 6.07 Å². The number of ether oxygens (including phenoxy) is 2. The van der Waals surface area contributed by atoms with E-state index in [0.717, 1.165) is 44.0 Å². The smallest absolute Gasteiger partial charge is 0.231 e. The molecule has 2 aliphatic heterocycles. The number of phenolic OH excluding ortho intramolecular Hbond substituents is 1. The Morgan fingerprint density at radius 2 is 1.86 bits per heavy atom. The first-order valence-corrected chi connectivity index (χ1v) is 7.70. The van der Waals surface area contributed by atoms with E-state index in [9.17, 15) is 5.11 Å². The lowest BCUT2D eigenvalue weighted by atomic mass is 10.0. The van der Waals surface area contributed by atoms with Crippen molar-refractivity contribution in [1.29, 1.82) is 0 Å². The zero-order valence-corrected chi connectivity index (χ0v) is 12.4. The van der Waals surface area contributed by atoms with Crippen molar-refractivity contribution in [3.05, 3.63) is 53.1 Å². The van der Waals surface area contributed by atoms with E-state index in [2.05, 4.69) is 11.0 Å². The first-order chi connectivity index (χ1) is 10.8. The quantitative estimate of drug-likeness (QED) is 0.925. The number of benzene rings is 2. The molecule has 0 saturated carbocycles. The van der Waals surface area contributed by atoms with Gasteiger partial charge in [-0.05, 0) is 42.2 Å². The molecule has 2 heterocycles. The second-order valence-electron chi connectivity index (χ2n) is 5.88. The van der Waals surface area contributed by atoms with Crippen molar-refractivity contribution in [3.8, 4) is 17.2 Å². The van der Waals surface area contributed by atoms with Crippen LogP contribution in [0.5, 0.6) is 17.2 Å². The Balaban J connectivity index is 1.51. The van der Waals surface area contributed by atoms with Gasteiger partial charge < -0.3 is 14.6 Å². The van der Waals surface area contributed by atoms with Gasteiger partial charge in [0, 0.05) is 25.2 Å². The van der Waals surface area contributed by atoms with E-state index >= 15 is 0 Å². The zero-order valence-electron chi connectivity index (χ0n) is 12.4. The molecule has 0 atom stereocenters. The summed E-state index contributed by atoms with van der Waals surface area (Å²) in [7, 11) is 0. The van der Waals surface area contributed by atoms with Gasteiger partial charge >= 0.3 is 0 Å². The molecule has 4 nitrogen and oxygen atoms in total. The lowest BCUT2D eigenvalue weighted by Gasteiger charge is -2.20. The number of rotatable bonds is 2. The number of hydrogen-bond acceptors (Lipinski definition) is 4. The molecule has 4 rings (SSSR count). The van der Waals surface area contributed by atoms with Crippen LogP contribution in [0, 0.1) is 0 Å². The highest BCUT2D eigenvalue weighted by molar-refractivity contribution is 5.48. The van der Waals surface area contributed by atoms with Gasteiger partial charge in [-0.3, -0.25) is 4.90 Å². The lowest BCUT2D eigenvalue weighted by Crippen LogP contribution is -2.26. The molecule has 22 heavy (non-hydrogen) atoms. The van der Waals surface area contributed by atoms with Crippen LogP contribution in [0.25, 0.3) is 0 Å². The first-order valence-electron chi connectivity index (χ1n) is 7.70. The standard InChI is InChI=1S/C18H19NO3/c20-16-5-4-13-6-8-19(9-7-14(13)10-16)11-15-2-1-3-17-18(15)22-12-21-17/h1-5,10,20H,6-9,11-12H2. The van der Waals surface area contributed by atoms with Crippen LogP contribution in [0.4, 0.5) is 0 Å². The Hall–Kier alpha value is -2.20. The Bertz CT molecular complexity index is 699. The average molecular weight is 297 g/mol. The van der Waals surface area contributed by atoms with Crippen molar-refractivity contribution < 1.29 is 14.6 Å². The van der Waals surface area contributed by atoms with Crippen molar-refractivity contribution in [2.75, 3.05) is 19.9 Å². The molecule has 1 N–H and O–H groups in total. The Morgan fingerprint density at radius 1 is 1.00 bits per heavy atom. The van der Waals surface area contributed by atoms with Crippen LogP contribution in [0.2, 0.25) is 0 Å². The Morgan fingerprint density at radius 3 is 2.77 bits per heavy atom. The fourth-order valence-corrected chi connectivity index (χ4v) is 3.27. The maximum Gasteiger partial charge on any atom is 0.231 e. The van der Waals surface area contributed by atoms with Gasteiger partial charge in [0.2, 0.25) is 6.79 Å². The van der Waals surface area contributed by atoms with Crippen LogP contribution >= 0.6 is 0 Å². The third kappa shape index (κ3) is 2.50. The van der Waals surface area contributed by atoms with Crippen LogP contribution in [-0.2, 0) is 19.4 Å². The van der Waals surface area contributed by atoms with Crippen LogP contribution < -0.4 is 9.47 Å². The molecule has 0 radical (unpaired) electrons. The average Bonchev–Trinajstić information content (AvgIpc) is 2.92. The van der Waals surface area contributed by atoms with Gasteiger partial charge in [-0.15, -0.1) is 0 Å². The van der Waals surface area contributed by atoms with Crippen LogP contribution in [0.1, 0.15) is 16.7 Å². The van der Waals surface area contributed by atoms with E-state index < -0.39 is 0 Å². The van der Waals surface area contributed by atoms with Gasteiger partial charge in [-0.25, -0.2) is 0 Å². The van der Waals surface area contributed by atoms with Gasteiger partial charge in [0.05, 0.1) is 0 Å². The van der Waals surface area contributed by atoms with Crippen molar-refractivity contribution in [1.82, 2.24) is 4.90 Å². The van der Waals surface area contributed by atoms with Gasteiger partial charge in [0.25, 0.3) is 0 Å². The topological polar surface area (TPSA) is 41.9 Å². The fraction of sp³-hybridized carbons (Fsp3) is 0.333. The van der Waals surface area contributed by atoms with E-state index in [0.29, 0.717) is 12.5 Å². The molecule has 114 valence electrons. The number of nitrogens with zero attached hydrogens (tertiary/aromatic N) is 1. The summed E-state index contributed by atoms with van der Waals surface area (Å²) in [6.07, 6.45) is 1.98. The van der Waals surface area contributed by atoms with Crippen LogP contribution in [0.3, 0.4) is 0 Å². The summed E-state index contributed by atoms with van der Waals surface area (Å²) in [5.41, 5.74) is 3.79. The maximum absolute atomic E-state index is 9.64.